The first-order valence-electron chi connectivity index (χ1n) is 5.59. The van der Waals surface area contributed by atoms with Crippen LogP contribution in [0.5, 0.6) is 0 Å². The first-order valence-corrected chi connectivity index (χ1v) is 6.47. The van der Waals surface area contributed by atoms with Gasteiger partial charge in [0.05, 0.1) is 25.6 Å². The summed E-state index contributed by atoms with van der Waals surface area (Å²) in [5, 5.41) is 5.13. The lowest BCUT2D eigenvalue weighted by Gasteiger charge is -2.09. The number of amides is 2. The highest BCUT2D eigenvalue weighted by Crippen LogP contribution is 2.21. The van der Waals surface area contributed by atoms with E-state index < -0.39 is 6.04 Å². The van der Waals surface area contributed by atoms with Gasteiger partial charge in [0, 0.05) is 12.4 Å². The van der Waals surface area contributed by atoms with Crippen LogP contribution in [0, 0.1) is 0 Å². The zero-order valence-corrected chi connectivity index (χ0v) is 11.3. The average Bonchev–Trinajstić information content (AvgIpc) is 2.91. The molecule has 1 aromatic rings. The number of hydrogen-bond acceptors (Lipinski definition) is 7. The van der Waals surface area contributed by atoms with Gasteiger partial charge in [-0.15, -0.1) is 11.3 Å². The fourth-order valence-corrected chi connectivity index (χ4v) is 2.46. The molecule has 1 atom stereocenters. The van der Waals surface area contributed by atoms with Gasteiger partial charge < -0.3 is 10.1 Å². The molecule has 0 spiro atoms. The third-order valence-corrected chi connectivity index (χ3v) is 3.61. The highest BCUT2D eigenvalue weighted by atomic mass is 32.1. The number of nitrogens with zero attached hydrogens (tertiary/aromatic N) is 2. The number of anilines is 1. The molecule has 7 nitrogen and oxygen atoms in total. The topological polar surface area (TPSA) is 88.6 Å². The molecule has 1 aliphatic heterocycles. The second-order valence-electron chi connectivity index (χ2n) is 4.09. The summed E-state index contributed by atoms with van der Waals surface area (Å²) in [6, 6.07) is -0.574. The molecule has 0 aromatic carbocycles. The number of methoxy groups -OCH3 is 1. The summed E-state index contributed by atoms with van der Waals surface area (Å²) in [4.78, 5) is 39.4. The maximum absolute atomic E-state index is 11.7. The van der Waals surface area contributed by atoms with Crippen molar-refractivity contribution in [1.82, 2.24) is 9.88 Å². The molecule has 2 heterocycles. The predicted octanol–water partition coefficient (Wildman–Crippen LogP) is 0.0278. The lowest BCUT2D eigenvalue weighted by Crippen LogP contribution is -2.31. The molecule has 8 heteroatoms. The summed E-state index contributed by atoms with van der Waals surface area (Å²) in [5.41, 5.74) is 0.574. The number of nitrogens with one attached hydrogen (secondary N) is 1. The van der Waals surface area contributed by atoms with Crippen molar-refractivity contribution in [3.63, 3.8) is 0 Å². The maximum Gasteiger partial charge on any atom is 0.311 e. The Morgan fingerprint density at radius 1 is 1.63 bits per heavy atom. The summed E-state index contributed by atoms with van der Waals surface area (Å²) < 4.78 is 4.54. The first-order chi connectivity index (χ1) is 9.01. The third-order valence-electron chi connectivity index (χ3n) is 2.78. The molecule has 1 aliphatic rings. The van der Waals surface area contributed by atoms with E-state index in [1.54, 1.807) is 5.38 Å². The SMILES string of the molecule is COC(=O)Cc1csc(NC2CC(=O)N(C)C2=O)n1. The number of rotatable bonds is 4. The molecule has 2 rings (SSSR count). The molecule has 0 bridgehead atoms. The van der Waals surface area contributed by atoms with Gasteiger partial charge in [0.1, 0.15) is 6.04 Å². The predicted molar refractivity (Wildman–Crippen MR) is 67.6 cm³/mol. The summed E-state index contributed by atoms with van der Waals surface area (Å²) in [7, 11) is 2.77. The number of hydrogen-bond donors (Lipinski definition) is 1. The zero-order chi connectivity index (χ0) is 14.0. The van der Waals surface area contributed by atoms with Crippen LogP contribution in [0.3, 0.4) is 0 Å². The zero-order valence-electron chi connectivity index (χ0n) is 10.5. The molecule has 1 N–H and O–H groups in total. The number of likely N-dealkylation sites (tertiary alicyclic amines) is 1. The average molecular weight is 283 g/mol. The largest absolute Gasteiger partial charge is 0.469 e. The number of likely N-dealkylation sites (N-methyl/N-ethyl adjacent to an activating group) is 1. The van der Waals surface area contributed by atoms with Crippen LogP contribution in [0.1, 0.15) is 12.1 Å². The Morgan fingerprint density at radius 3 is 2.95 bits per heavy atom. The quantitative estimate of drug-likeness (QED) is 0.619. The number of carbonyl (C=O) groups is 3. The van der Waals surface area contributed by atoms with Crippen molar-refractivity contribution in [2.75, 3.05) is 19.5 Å². The normalized spacial score (nSPS) is 18.8. The standard InChI is InChI=1S/C11H13N3O4S/c1-14-8(15)4-7(10(14)17)13-11-12-6(5-19-11)3-9(16)18-2/h5,7H,3-4H2,1-2H3,(H,12,13). The van der Waals surface area contributed by atoms with Crippen molar-refractivity contribution in [3.8, 4) is 0 Å². The lowest BCUT2D eigenvalue weighted by molar-refractivity contribution is -0.140. The van der Waals surface area contributed by atoms with Crippen molar-refractivity contribution in [3.05, 3.63) is 11.1 Å². The van der Waals surface area contributed by atoms with Crippen LogP contribution in [-0.4, -0.2) is 47.9 Å². The Balaban J connectivity index is 1.99. The van der Waals surface area contributed by atoms with Crippen molar-refractivity contribution in [2.45, 2.75) is 18.9 Å². The Kier molecular flexibility index (Phi) is 3.79. The summed E-state index contributed by atoms with van der Waals surface area (Å²) >= 11 is 1.28. The number of aromatic nitrogens is 1. The monoisotopic (exact) mass is 283 g/mol. The molecule has 0 radical (unpaired) electrons. The van der Waals surface area contributed by atoms with Gasteiger partial charge in [-0.25, -0.2) is 4.98 Å². The molecule has 2 amide bonds. The Bertz CT molecular complexity index is 528. The van der Waals surface area contributed by atoms with Crippen LogP contribution in [-0.2, 0) is 25.5 Å². The van der Waals surface area contributed by atoms with Crippen molar-refractivity contribution >= 4 is 34.3 Å². The Labute approximate surface area is 113 Å². The van der Waals surface area contributed by atoms with Gasteiger partial charge in [-0.05, 0) is 0 Å². The molecule has 0 aliphatic carbocycles. The molecular weight excluding hydrogens is 270 g/mol. The minimum absolute atomic E-state index is 0.0894. The van der Waals surface area contributed by atoms with Gasteiger partial charge in [-0.2, -0.15) is 0 Å². The smallest absolute Gasteiger partial charge is 0.311 e. The number of ether oxygens (including phenoxy) is 1. The molecule has 1 unspecified atom stereocenters. The van der Waals surface area contributed by atoms with Gasteiger partial charge in [0.25, 0.3) is 5.91 Å². The van der Waals surface area contributed by atoms with Gasteiger partial charge in [0.2, 0.25) is 5.91 Å². The van der Waals surface area contributed by atoms with E-state index in [4.69, 9.17) is 0 Å². The molecule has 1 fully saturated rings. The van der Waals surface area contributed by atoms with Gasteiger partial charge >= 0.3 is 5.97 Å². The van der Waals surface area contributed by atoms with Crippen LogP contribution < -0.4 is 5.32 Å². The van der Waals surface area contributed by atoms with E-state index in [0.717, 1.165) is 4.90 Å². The number of imide groups is 1. The molecule has 0 saturated carbocycles. The van der Waals surface area contributed by atoms with Gasteiger partial charge in [0.15, 0.2) is 5.13 Å². The summed E-state index contributed by atoms with van der Waals surface area (Å²) in [5.74, 6) is -0.854. The van der Waals surface area contributed by atoms with E-state index >= 15 is 0 Å². The van der Waals surface area contributed by atoms with E-state index in [-0.39, 0.29) is 30.6 Å². The second-order valence-corrected chi connectivity index (χ2v) is 4.95. The molecule has 19 heavy (non-hydrogen) atoms. The fraction of sp³-hybridized carbons (Fsp3) is 0.455. The van der Waals surface area contributed by atoms with Crippen molar-refractivity contribution in [2.24, 2.45) is 0 Å². The third kappa shape index (κ3) is 2.90. The first kappa shape index (κ1) is 13.5. The summed E-state index contributed by atoms with van der Waals surface area (Å²) in [6.45, 7) is 0. The van der Waals surface area contributed by atoms with Crippen LogP contribution in [0.2, 0.25) is 0 Å². The molecule has 102 valence electrons. The highest BCUT2D eigenvalue weighted by Gasteiger charge is 2.36. The molecular formula is C11H13N3O4S. The number of thiazole rings is 1. The number of esters is 1. The Morgan fingerprint density at radius 2 is 2.37 bits per heavy atom. The van der Waals surface area contributed by atoms with Crippen LogP contribution in [0.25, 0.3) is 0 Å². The van der Waals surface area contributed by atoms with Gasteiger partial charge in [-0.3, -0.25) is 19.3 Å². The van der Waals surface area contributed by atoms with E-state index in [1.807, 2.05) is 0 Å². The van der Waals surface area contributed by atoms with Crippen LogP contribution in [0.15, 0.2) is 5.38 Å². The number of carbonyl (C=O) groups excluding carboxylic acids is 3. The highest BCUT2D eigenvalue weighted by molar-refractivity contribution is 7.13. The maximum atomic E-state index is 11.7. The van der Waals surface area contributed by atoms with E-state index in [1.165, 1.54) is 25.5 Å². The van der Waals surface area contributed by atoms with Gasteiger partial charge in [-0.1, -0.05) is 0 Å². The lowest BCUT2D eigenvalue weighted by atomic mass is 10.2. The van der Waals surface area contributed by atoms with Crippen molar-refractivity contribution < 1.29 is 19.1 Å². The fourth-order valence-electron chi connectivity index (χ4n) is 1.69. The molecule has 1 aromatic heterocycles. The van der Waals surface area contributed by atoms with E-state index in [0.29, 0.717) is 10.8 Å². The van der Waals surface area contributed by atoms with Crippen LogP contribution >= 0.6 is 11.3 Å². The minimum Gasteiger partial charge on any atom is -0.469 e. The van der Waals surface area contributed by atoms with E-state index in [2.05, 4.69) is 15.0 Å². The molecule has 1 saturated heterocycles. The van der Waals surface area contributed by atoms with Crippen LogP contribution in [0.4, 0.5) is 5.13 Å². The Hall–Kier alpha value is -1.96. The van der Waals surface area contributed by atoms with E-state index in [9.17, 15) is 14.4 Å². The minimum atomic E-state index is -0.574. The summed E-state index contributed by atoms with van der Waals surface area (Å²) in [6.07, 6.45) is 0.216. The second kappa shape index (κ2) is 5.35. The van der Waals surface area contributed by atoms with Crippen molar-refractivity contribution in [1.29, 1.82) is 0 Å².